The average Bonchev–Trinajstić information content (AvgIpc) is 2.50. The van der Waals surface area contributed by atoms with Gasteiger partial charge in [0.25, 0.3) is 0 Å². The molecule has 0 aromatic heterocycles. The van der Waals surface area contributed by atoms with Gasteiger partial charge in [0.2, 0.25) is 0 Å². The fourth-order valence-electron chi connectivity index (χ4n) is 2.42. The maximum absolute atomic E-state index is 12.6. The third kappa shape index (κ3) is 8.68. The van der Waals surface area contributed by atoms with E-state index in [0.29, 0.717) is 16.8 Å². The van der Waals surface area contributed by atoms with Crippen molar-refractivity contribution in [2.75, 3.05) is 26.2 Å². The summed E-state index contributed by atoms with van der Waals surface area (Å²) in [4.78, 5) is 15.8. The number of nitrogens with zero attached hydrogens (tertiary/aromatic N) is 2. The zero-order chi connectivity index (χ0) is 20.9. The molecular weight excluding hydrogens is 516 g/mol. The first-order valence-electron chi connectivity index (χ1n) is 8.59. The van der Waals surface area contributed by atoms with Crippen LogP contribution in [-0.4, -0.2) is 68.0 Å². The van der Waals surface area contributed by atoms with Gasteiger partial charge in [0.05, 0.1) is 0 Å². The van der Waals surface area contributed by atoms with E-state index in [2.05, 4.69) is 15.6 Å². The van der Waals surface area contributed by atoms with Crippen LogP contribution in [0.1, 0.15) is 40.5 Å². The number of piperidine rings is 1. The Morgan fingerprint density at radius 2 is 1.75 bits per heavy atom. The van der Waals surface area contributed by atoms with Crippen molar-refractivity contribution < 1.29 is 31.1 Å². The number of esters is 1. The van der Waals surface area contributed by atoms with Gasteiger partial charge in [0.1, 0.15) is 12.1 Å². The van der Waals surface area contributed by atoms with Crippen LogP contribution in [0.2, 0.25) is 0 Å². The molecule has 1 aliphatic heterocycles. The third-order valence-electron chi connectivity index (χ3n) is 3.56. The molecular formula is C15H28F3IN4O4S. The molecule has 0 aromatic carbocycles. The van der Waals surface area contributed by atoms with Gasteiger partial charge < -0.3 is 15.4 Å². The van der Waals surface area contributed by atoms with Gasteiger partial charge in [-0.2, -0.15) is 17.5 Å². The molecule has 0 aromatic rings. The molecule has 0 saturated carbocycles. The van der Waals surface area contributed by atoms with Gasteiger partial charge in [-0.15, -0.1) is 24.0 Å². The minimum Gasteiger partial charge on any atom is -0.459 e. The van der Waals surface area contributed by atoms with E-state index in [9.17, 15) is 26.4 Å². The summed E-state index contributed by atoms with van der Waals surface area (Å²) in [6.45, 7) is 6.84. The fourth-order valence-corrected chi connectivity index (χ4v) is 3.40. The van der Waals surface area contributed by atoms with Crippen molar-refractivity contribution in [3.63, 3.8) is 0 Å². The Hall–Kier alpha value is -0.830. The van der Waals surface area contributed by atoms with Gasteiger partial charge in [0.15, 0.2) is 5.96 Å². The third-order valence-corrected chi connectivity index (χ3v) is 5.19. The summed E-state index contributed by atoms with van der Waals surface area (Å²) < 4.78 is 66.2. The van der Waals surface area contributed by atoms with Crippen LogP contribution >= 0.6 is 24.0 Å². The van der Waals surface area contributed by atoms with Crippen LogP contribution in [0.3, 0.4) is 0 Å². The van der Waals surface area contributed by atoms with Crippen LogP contribution in [0.4, 0.5) is 13.2 Å². The molecule has 0 amide bonds. The number of hydrogen-bond donors (Lipinski definition) is 2. The minimum absolute atomic E-state index is 0. The summed E-state index contributed by atoms with van der Waals surface area (Å²) in [7, 11) is -5.30. The van der Waals surface area contributed by atoms with E-state index in [1.165, 1.54) is 0 Å². The fraction of sp³-hybridized carbons (Fsp3) is 0.867. The highest BCUT2D eigenvalue weighted by molar-refractivity contribution is 14.0. The number of alkyl halides is 3. The summed E-state index contributed by atoms with van der Waals surface area (Å²) in [5.74, 6) is -0.189. The highest BCUT2D eigenvalue weighted by atomic mass is 127. The maximum atomic E-state index is 12.6. The smallest absolute Gasteiger partial charge is 0.459 e. The highest BCUT2D eigenvalue weighted by Crippen LogP contribution is 2.28. The van der Waals surface area contributed by atoms with Crippen LogP contribution in [0.5, 0.6) is 0 Å². The lowest BCUT2D eigenvalue weighted by molar-refractivity contribution is -0.152. The molecule has 1 fully saturated rings. The Morgan fingerprint density at radius 3 is 2.18 bits per heavy atom. The summed E-state index contributed by atoms with van der Waals surface area (Å²) in [6, 6.07) is -0.263. The van der Waals surface area contributed by atoms with E-state index < -0.39 is 27.1 Å². The molecule has 8 nitrogen and oxygen atoms in total. The molecule has 1 rings (SSSR count). The molecule has 0 bridgehead atoms. The quantitative estimate of drug-likeness (QED) is 0.237. The second-order valence-corrected chi connectivity index (χ2v) is 8.98. The van der Waals surface area contributed by atoms with E-state index in [0.717, 1.165) is 0 Å². The predicted molar refractivity (Wildman–Crippen MR) is 110 cm³/mol. The predicted octanol–water partition coefficient (Wildman–Crippen LogP) is 1.82. The molecule has 1 saturated heterocycles. The first-order chi connectivity index (χ1) is 12.3. The molecule has 1 aliphatic rings. The van der Waals surface area contributed by atoms with Gasteiger partial charge in [-0.1, -0.05) is 0 Å². The van der Waals surface area contributed by atoms with E-state index in [1.807, 2.05) is 6.92 Å². The lowest BCUT2D eigenvalue weighted by Crippen LogP contribution is -2.51. The van der Waals surface area contributed by atoms with Crippen molar-refractivity contribution in [3.05, 3.63) is 0 Å². The van der Waals surface area contributed by atoms with Crippen molar-refractivity contribution in [3.8, 4) is 0 Å². The Bertz CT molecular complexity index is 643. The summed E-state index contributed by atoms with van der Waals surface area (Å²) in [5.41, 5.74) is -5.92. The van der Waals surface area contributed by atoms with Crippen LogP contribution in [-0.2, 0) is 19.6 Å². The molecule has 0 unspecified atom stereocenters. The van der Waals surface area contributed by atoms with Crippen LogP contribution in [0.15, 0.2) is 4.99 Å². The van der Waals surface area contributed by atoms with Crippen LogP contribution in [0, 0.1) is 0 Å². The second-order valence-electron chi connectivity index (χ2n) is 7.05. The van der Waals surface area contributed by atoms with E-state index in [4.69, 9.17) is 4.74 Å². The van der Waals surface area contributed by atoms with Gasteiger partial charge in [-0.05, 0) is 40.5 Å². The standard InChI is InChI=1S/C15H27F3N4O4S.HI/c1-5-19-13(20-10-12(23)26-14(2,3)4)21-11-6-8-22(9-7-11)27(24,25)15(16,17)18;/h11H,5-10H2,1-4H3,(H2,19,20,21);1H. The molecule has 28 heavy (non-hydrogen) atoms. The number of nitrogens with one attached hydrogen (secondary N) is 2. The van der Waals surface area contributed by atoms with Gasteiger partial charge in [-0.25, -0.2) is 13.4 Å². The number of rotatable bonds is 5. The number of halogens is 4. The number of hydrogen-bond acceptors (Lipinski definition) is 5. The van der Waals surface area contributed by atoms with E-state index in [1.54, 1.807) is 20.8 Å². The van der Waals surface area contributed by atoms with E-state index >= 15 is 0 Å². The van der Waals surface area contributed by atoms with E-state index in [-0.39, 0.29) is 62.5 Å². The topological polar surface area (TPSA) is 100 Å². The molecule has 13 heteroatoms. The number of aliphatic imine (C=N–C) groups is 1. The zero-order valence-corrected chi connectivity index (χ0v) is 19.4. The Morgan fingerprint density at radius 1 is 1.21 bits per heavy atom. The maximum Gasteiger partial charge on any atom is 0.511 e. The normalized spacial score (nSPS) is 17.6. The summed E-state index contributed by atoms with van der Waals surface area (Å²) >= 11 is 0. The van der Waals surface area contributed by atoms with Gasteiger partial charge >= 0.3 is 21.5 Å². The number of carbonyl (C=O) groups is 1. The molecule has 1 heterocycles. The second kappa shape index (κ2) is 10.8. The number of sulfonamides is 1. The van der Waals surface area contributed by atoms with Crippen LogP contribution < -0.4 is 10.6 Å². The monoisotopic (exact) mass is 544 g/mol. The van der Waals surface area contributed by atoms with Crippen LogP contribution in [0.25, 0.3) is 0 Å². The minimum atomic E-state index is -5.30. The molecule has 0 spiro atoms. The van der Waals surface area contributed by atoms with Crippen molar-refractivity contribution in [2.24, 2.45) is 4.99 Å². The largest absolute Gasteiger partial charge is 0.511 e. The summed E-state index contributed by atoms with van der Waals surface area (Å²) in [5, 5.41) is 5.95. The number of carbonyl (C=O) groups excluding carboxylic acids is 1. The first kappa shape index (κ1) is 27.2. The first-order valence-corrected chi connectivity index (χ1v) is 10.0. The van der Waals surface area contributed by atoms with Gasteiger partial charge in [0, 0.05) is 25.7 Å². The SMILES string of the molecule is CCNC(=NCC(=O)OC(C)(C)C)NC1CCN(S(=O)(=O)C(F)(F)F)CC1.I. The Labute approximate surface area is 180 Å². The Balaban J connectivity index is 0.00000729. The van der Waals surface area contributed by atoms with Crippen molar-refractivity contribution in [1.82, 2.24) is 14.9 Å². The highest BCUT2D eigenvalue weighted by Gasteiger charge is 2.50. The van der Waals surface area contributed by atoms with Crippen molar-refractivity contribution in [2.45, 2.75) is 57.7 Å². The number of ether oxygens (including phenoxy) is 1. The van der Waals surface area contributed by atoms with Crippen molar-refractivity contribution >= 4 is 45.9 Å². The molecule has 0 atom stereocenters. The number of guanidine groups is 1. The zero-order valence-electron chi connectivity index (χ0n) is 16.3. The van der Waals surface area contributed by atoms with Crippen molar-refractivity contribution in [1.29, 1.82) is 0 Å². The van der Waals surface area contributed by atoms with Gasteiger partial charge in [-0.3, -0.25) is 4.79 Å². The molecule has 166 valence electrons. The lowest BCUT2D eigenvalue weighted by Gasteiger charge is -2.32. The Kier molecular flexibility index (Phi) is 10.5. The summed E-state index contributed by atoms with van der Waals surface area (Å²) in [6.07, 6.45) is 0.373. The average molecular weight is 544 g/mol. The molecule has 2 N–H and O–H groups in total. The molecule has 0 aliphatic carbocycles. The lowest BCUT2D eigenvalue weighted by atomic mass is 10.1. The molecule has 0 radical (unpaired) electrons.